The monoisotopic (exact) mass is 437 g/mol. The van der Waals surface area contributed by atoms with Gasteiger partial charge in [-0.15, -0.1) is 0 Å². The first kappa shape index (κ1) is 23.5. The van der Waals surface area contributed by atoms with Crippen LogP contribution in [0.1, 0.15) is 35.3 Å². The summed E-state index contributed by atoms with van der Waals surface area (Å²) >= 11 is 0. The number of carbonyl (C=O) groups is 3. The Morgan fingerprint density at radius 2 is 1.72 bits per heavy atom. The van der Waals surface area contributed by atoms with Crippen molar-refractivity contribution in [1.29, 1.82) is 0 Å². The third-order valence-electron chi connectivity index (χ3n) is 5.46. The molecule has 1 saturated heterocycles. The van der Waals surface area contributed by atoms with Gasteiger partial charge in [0.25, 0.3) is 5.91 Å². The number of rotatable bonds is 7. The lowest BCUT2D eigenvalue weighted by Gasteiger charge is -2.26. The van der Waals surface area contributed by atoms with Crippen molar-refractivity contribution < 1.29 is 19.1 Å². The third-order valence-corrected chi connectivity index (χ3v) is 5.46. The van der Waals surface area contributed by atoms with Crippen LogP contribution in [0.25, 0.3) is 0 Å². The molecule has 7 heteroatoms. The van der Waals surface area contributed by atoms with Crippen LogP contribution in [0.4, 0.5) is 5.69 Å². The number of carbonyl (C=O) groups excluding carboxylic acids is 3. The molecular formula is C25H31N3O4. The van der Waals surface area contributed by atoms with Gasteiger partial charge in [-0.3, -0.25) is 14.4 Å². The Hall–Kier alpha value is -3.19. The molecule has 1 aliphatic heterocycles. The van der Waals surface area contributed by atoms with Crippen molar-refractivity contribution >= 4 is 23.4 Å². The second kappa shape index (κ2) is 10.9. The number of benzene rings is 2. The maximum absolute atomic E-state index is 12.9. The number of aryl methyl sites for hydroxylation is 1. The number of nitrogens with one attached hydrogen (secondary N) is 2. The minimum absolute atomic E-state index is 0.0730. The standard InChI is InChI=1S/C25H31N3O4/c1-17(2)23(27-24(30)20-6-4-5-18(3)15-20)25(31)26-21-9-7-19(8-10-21)16-22(29)28-11-13-32-14-12-28/h4-10,15,17,23H,11-14,16H2,1-3H3,(H,26,31)(H,27,30). The zero-order chi connectivity index (χ0) is 23.1. The molecule has 2 N–H and O–H groups in total. The summed E-state index contributed by atoms with van der Waals surface area (Å²) in [6, 6.07) is 13.8. The van der Waals surface area contributed by atoms with Gasteiger partial charge in [-0.25, -0.2) is 0 Å². The first-order chi connectivity index (χ1) is 15.3. The van der Waals surface area contributed by atoms with Gasteiger partial charge in [0.05, 0.1) is 19.6 Å². The first-order valence-corrected chi connectivity index (χ1v) is 11.0. The van der Waals surface area contributed by atoms with Crippen LogP contribution in [0.3, 0.4) is 0 Å². The van der Waals surface area contributed by atoms with E-state index in [4.69, 9.17) is 4.74 Å². The molecule has 170 valence electrons. The lowest BCUT2D eigenvalue weighted by Crippen LogP contribution is -2.47. The van der Waals surface area contributed by atoms with Crippen molar-refractivity contribution in [2.45, 2.75) is 33.2 Å². The smallest absolute Gasteiger partial charge is 0.251 e. The summed E-state index contributed by atoms with van der Waals surface area (Å²) in [5.41, 5.74) is 3.01. The van der Waals surface area contributed by atoms with Crippen molar-refractivity contribution in [2.75, 3.05) is 31.6 Å². The maximum Gasteiger partial charge on any atom is 0.251 e. The SMILES string of the molecule is Cc1cccc(C(=O)NC(C(=O)Nc2ccc(CC(=O)N3CCOCC3)cc2)C(C)C)c1. The van der Waals surface area contributed by atoms with E-state index < -0.39 is 6.04 Å². The molecule has 1 fully saturated rings. The van der Waals surface area contributed by atoms with Gasteiger partial charge in [0.2, 0.25) is 11.8 Å². The van der Waals surface area contributed by atoms with Gasteiger partial charge in [-0.05, 0) is 42.7 Å². The van der Waals surface area contributed by atoms with Crippen LogP contribution < -0.4 is 10.6 Å². The number of amides is 3. The minimum Gasteiger partial charge on any atom is -0.378 e. The fourth-order valence-electron chi connectivity index (χ4n) is 3.57. The Morgan fingerprint density at radius 3 is 2.34 bits per heavy atom. The van der Waals surface area contributed by atoms with E-state index in [-0.39, 0.29) is 23.6 Å². The summed E-state index contributed by atoms with van der Waals surface area (Å²) in [5.74, 6) is -0.573. The van der Waals surface area contributed by atoms with E-state index >= 15 is 0 Å². The van der Waals surface area contributed by atoms with Crippen molar-refractivity contribution in [3.63, 3.8) is 0 Å². The highest BCUT2D eigenvalue weighted by atomic mass is 16.5. The fourth-order valence-corrected chi connectivity index (χ4v) is 3.57. The predicted molar refractivity (Wildman–Crippen MR) is 123 cm³/mol. The average molecular weight is 438 g/mol. The normalized spacial score (nSPS) is 14.7. The summed E-state index contributed by atoms with van der Waals surface area (Å²) in [5, 5.41) is 5.71. The van der Waals surface area contributed by atoms with Crippen LogP contribution in [0.5, 0.6) is 0 Å². The lowest BCUT2D eigenvalue weighted by atomic mass is 10.0. The summed E-state index contributed by atoms with van der Waals surface area (Å²) < 4.78 is 5.28. The first-order valence-electron chi connectivity index (χ1n) is 11.0. The van der Waals surface area contributed by atoms with E-state index in [9.17, 15) is 14.4 Å². The highest BCUT2D eigenvalue weighted by molar-refractivity contribution is 6.01. The summed E-state index contributed by atoms with van der Waals surface area (Å²) in [7, 11) is 0. The van der Waals surface area contributed by atoms with Gasteiger partial charge in [-0.1, -0.05) is 43.7 Å². The molecule has 0 radical (unpaired) electrons. The Labute approximate surface area is 189 Å². The Balaban J connectivity index is 1.58. The number of ether oxygens (including phenoxy) is 1. The molecule has 1 unspecified atom stereocenters. The molecule has 2 aromatic rings. The third kappa shape index (κ3) is 6.40. The molecule has 1 heterocycles. The van der Waals surface area contributed by atoms with Crippen LogP contribution >= 0.6 is 0 Å². The molecule has 1 aliphatic rings. The van der Waals surface area contributed by atoms with Gasteiger partial charge in [0, 0.05) is 24.3 Å². The van der Waals surface area contributed by atoms with Crippen molar-refractivity contribution in [2.24, 2.45) is 5.92 Å². The van der Waals surface area contributed by atoms with Crippen molar-refractivity contribution in [3.05, 3.63) is 65.2 Å². The fraction of sp³-hybridized carbons (Fsp3) is 0.400. The van der Waals surface area contributed by atoms with Crippen molar-refractivity contribution in [1.82, 2.24) is 10.2 Å². The highest BCUT2D eigenvalue weighted by Gasteiger charge is 2.25. The van der Waals surface area contributed by atoms with E-state index in [2.05, 4.69) is 10.6 Å². The van der Waals surface area contributed by atoms with E-state index in [1.165, 1.54) is 0 Å². The predicted octanol–water partition coefficient (Wildman–Crippen LogP) is 2.79. The summed E-state index contributed by atoms with van der Waals surface area (Å²) in [6.45, 7) is 8.10. The van der Waals surface area contributed by atoms with Crippen LogP contribution in [-0.4, -0.2) is 55.0 Å². The van der Waals surface area contributed by atoms with Crippen LogP contribution in [0.15, 0.2) is 48.5 Å². The quantitative estimate of drug-likeness (QED) is 0.697. The molecule has 2 aromatic carbocycles. The second-order valence-corrected chi connectivity index (χ2v) is 8.42. The maximum atomic E-state index is 12.9. The average Bonchev–Trinajstić information content (AvgIpc) is 2.78. The van der Waals surface area contributed by atoms with Gasteiger partial charge in [0.15, 0.2) is 0 Å². The molecule has 3 rings (SSSR count). The van der Waals surface area contributed by atoms with Gasteiger partial charge >= 0.3 is 0 Å². The van der Waals surface area contributed by atoms with E-state index in [0.29, 0.717) is 44.0 Å². The van der Waals surface area contributed by atoms with E-state index in [1.54, 1.807) is 24.3 Å². The van der Waals surface area contributed by atoms with E-state index in [0.717, 1.165) is 11.1 Å². The molecule has 7 nitrogen and oxygen atoms in total. The van der Waals surface area contributed by atoms with Gasteiger partial charge in [-0.2, -0.15) is 0 Å². The van der Waals surface area contributed by atoms with Crippen LogP contribution in [-0.2, 0) is 20.7 Å². The van der Waals surface area contributed by atoms with Crippen LogP contribution in [0.2, 0.25) is 0 Å². The summed E-state index contributed by atoms with van der Waals surface area (Å²) in [6.07, 6.45) is 0.315. The Bertz CT molecular complexity index is 950. The molecule has 0 aromatic heterocycles. The second-order valence-electron chi connectivity index (χ2n) is 8.42. The number of hydrogen-bond donors (Lipinski definition) is 2. The van der Waals surface area contributed by atoms with Crippen LogP contribution in [0, 0.1) is 12.8 Å². The lowest BCUT2D eigenvalue weighted by molar-refractivity contribution is -0.134. The largest absolute Gasteiger partial charge is 0.378 e. The molecule has 0 saturated carbocycles. The van der Waals surface area contributed by atoms with Gasteiger partial charge in [0.1, 0.15) is 6.04 Å². The topological polar surface area (TPSA) is 87.7 Å². The molecule has 3 amide bonds. The Kier molecular flexibility index (Phi) is 8.00. The summed E-state index contributed by atoms with van der Waals surface area (Å²) in [4.78, 5) is 39.7. The number of morpholine rings is 1. The molecule has 32 heavy (non-hydrogen) atoms. The van der Waals surface area contributed by atoms with Gasteiger partial charge < -0.3 is 20.3 Å². The minimum atomic E-state index is -0.675. The molecule has 0 aliphatic carbocycles. The highest BCUT2D eigenvalue weighted by Crippen LogP contribution is 2.14. The zero-order valence-corrected chi connectivity index (χ0v) is 18.9. The number of anilines is 1. The van der Waals surface area contributed by atoms with E-state index in [1.807, 2.05) is 49.9 Å². The van der Waals surface area contributed by atoms with Crippen molar-refractivity contribution in [3.8, 4) is 0 Å². The Morgan fingerprint density at radius 1 is 1.03 bits per heavy atom. The molecular weight excluding hydrogens is 406 g/mol. The number of nitrogens with zero attached hydrogens (tertiary/aromatic N) is 1. The molecule has 0 bridgehead atoms. The molecule has 0 spiro atoms. The zero-order valence-electron chi connectivity index (χ0n) is 18.9. The molecule has 1 atom stereocenters. The number of hydrogen-bond acceptors (Lipinski definition) is 4.